The maximum absolute atomic E-state index is 10.8. The molecule has 0 heterocycles. The molecule has 0 radical (unpaired) electrons. The lowest BCUT2D eigenvalue weighted by atomic mass is 9.90. The van der Waals surface area contributed by atoms with E-state index in [9.17, 15) is 25.7 Å². The van der Waals surface area contributed by atoms with E-state index in [-0.39, 0.29) is 11.7 Å². The number of aliphatic hydroxyl groups is 5. The largest absolute Gasteiger partial charge is 0.463 e. The number of hydrogen-bond donors (Lipinski definition) is 5. The number of rotatable bonds is 11. The van der Waals surface area contributed by atoms with Gasteiger partial charge in [0.25, 0.3) is 0 Å². The topological polar surface area (TPSA) is 136 Å². The molecule has 5 N–H and O–H groups in total. The molecule has 0 saturated carbocycles. The summed E-state index contributed by atoms with van der Waals surface area (Å²) < 4.78 is 3.92. The van der Waals surface area contributed by atoms with Crippen LogP contribution < -0.4 is 5.26 Å². The molecular weight excluding hydrogens is 280 g/mol. The molecule has 0 spiro atoms. The highest BCUT2D eigenvalue weighted by Gasteiger charge is 2.40. The standard InChI is InChI=1S/C14H28O7/c1-3-4-5-6-7-9(2)14(21-20)13(19)12(18)11(17)10(16)8-15/h9-13,15-19H,3-8H2,1-2H3/t9?,10-,11-,12+,13-/m1/s1. The normalized spacial score (nSPS) is 19.9. The van der Waals surface area contributed by atoms with Crippen LogP contribution in [0.15, 0.2) is 0 Å². The lowest BCUT2D eigenvalue weighted by Gasteiger charge is -2.24. The summed E-state index contributed by atoms with van der Waals surface area (Å²) in [7, 11) is 0. The first-order valence-corrected chi connectivity index (χ1v) is 7.40. The van der Waals surface area contributed by atoms with E-state index < -0.39 is 31.0 Å². The van der Waals surface area contributed by atoms with Crippen LogP contribution in [0.1, 0.15) is 46.0 Å². The van der Waals surface area contributed by atoms with Gasteiger partial charge in [0, 0.05) is 0 Å². The Bertz CT molecular complexity index is 295. The van der Waals surface area contributed by atoms with Gasteiger partial charge < -0.3 is 30.8 Å². The minimum atomic E-state index is -1.81. The molecule has 0 fully saturated rings. The number of hydrogen-bond acceptors (Lipinski definition) is 6. The van der Waals surface area contributed by atoms with Crippen molar-refractivity contribution < 1.29 is 35.4 Å². The van der Waals surface area contributed by atoms with E-state index in [2.05, 4.69) is 11.5 Å². The Labute approximate surface area is 125 Å². The van der Waals surface area contributed by atoms with Crippen molar-refractivity contribution in [2.75, 3.05) is 6.61 Å². The average molecular weight is 308 g/mol. The zero-order valence-corrected chi connectivity index (χ0v) is 12.7. The fourth-order valence-electron chi connectivity index (χ4n) is 2.13. The van der Waals surface area contributed by atoms with E-state index in [1.54, 1.807) is 6.92 Å². The second-order valence-electron chi connectivity index (χ2n) is 5.41. The quantitative estimate of drug-likeness (QED) is 0.135. The monoisotopic (exact) mass is 308 g/mol. The molecule has 0 amide bonds. The van der Waals surface area contributed by atoms with Gasteiger partial charge in [0.2, 0.25) is 0 Å². The molecule has 0 bridgehead atoms. The Morgan fingerprint density at radius 2 is 1.67 bits per heavy atom. The number of unbranched alkanes of at least 4 members (excludes halogenated alkanes) is 3. The summed E-state index contributed by atoms with van der Waals surface area (Å²) in [4.78, 5) is 0. The lowest BCUT2D eigenvalue weighted by molar-refractivity contribution is -1.05. The zero-order valence-electron chi connectivity index (χ0n) is 12.7. The van der Waals surface area contributed by atoms with Gasteiger partial charge in [-0.05, 0) is 13.3 Å². The third-order valence-electron chi connectivity index (χ3n) is 3.62. The van der Waals surface area contributed by atoms with Crippen LogP contribution in [0.5, 0.6) is 0 Å². The van der Waals surface area contributed by atoms with Gasteiger partial charge in [0.15, 0.2) is 6.10 Å². The van der Waals surface area contributed by atoms with Crippen molar-refractivity contribution in [2.24, 2.45) is 5.92 Å². The van der Waals surface area contributed by atoms with Crippen LogP contribution in [0.2, 0.25) is 0 Å². The first-order valence-electron chi connectivity index (χ1n) is 7.40. The molecule has 0 rings (SSSR count). The predicted molar refractivity (Wildman–Crippen MR) is 74.0 cm³/mol. The van der Waals surface area contributed by atoms with Gasteiger partial charge in [0.1, 0.15) is 18.3 Å². The highest BCUT2D eigenvalue weighted by Crippen LogP contribution is 2.16. The third kappa shape index (κ3) is 6.71. The highest BCUT2D eigenvalue weighted by molar-refractivity contribution is 5.85. The molecule has 0 aromatic carbocycles. The minimum Gasteiger partial charge on any atom is -0.463 e. The van der Waals surface area contributed by atoms with Crippen molar-refractivity contribution in [1.82, 2.24) is 0 Å². The summed E-state index contributed by atoms with van der Waals surface area (Å²) in [6, 6.07) is 0. The molecule has 126 valence electrons. The Balaban J connectivity index is 4.56. The zero-order chi connectivity index (χ0) is 16.4. The summed E-state index contributed by atoms with van der Waals surface area (Å²) in [5.74, 6) is -0.661. The van der Waals surface area contributed by atoms with Gasteiger partial charge in [-0.1, -0.05) is 32.6 Å². The van der Waals surface area contributed by atoms with Crippen LogP contribution in [0.25, 0.3) is 0 Å². The number of aliphatic hydroxyl groups excluding tert-OH is 5. The molecule has 1 unspecified atom stereocenters. The fraction of sp³-hybridized carbons (Fsp3) is 0.929. The first kappa shape index (κ1) is 20.3. The smallest absolute Gasteiger partial charge is 0.362 e. The molecule has 0 aromatic heterocycles. The first-order chi connectivity index (χ1) is 9.90. The maximum atomic E-state index is 10.8. The van der Waals surface area contributed by atoms with Gasteiger partial charge in [0.05, 0.1) is 12.5 Å². The van der Waals surface area contributed by atoms with Crippen molar-refractivity contribution >= 4 is 5.78 Å². The van der Waals surface area contributed by atoms with Crippen LogP contribution in [0.3, 0.4) is 0 Å². The second-order valence-corrected chi connectivity index (χ2v) is 5.41. The Morgan fingerprint density at radius 3 is 2.14 bits per heavy atom. The second kappa shape index (κ2) is 10.9. The van der Waals surface area contributed by atoms with Crippen LogP contribution >= 0.6 is 0 Å². The van der Waals surface area contributed by atoms with E-state index in [0.29, 0.717) is 6.42 Å². The van der Waals surface area contributed by atoms with Crippen LogP contribution in [-0.4, -0.2) is 62.3 Å². The molecule has 7 heteroatoms. The third-order valence-corrected chi connectivity index (χ3v) is 3.62. The van der Waals surface area contributed by atoms with Crippen molar-refractivity contribution in [3.63, 3.8) is 0 Å². The van der Waals surface area contributed by atoms with Crippen LogP contribution in [0, 0.1) is 5.92 Å². The predicted octanol–water partition coefficient (Wildman–Crippen LogP) is -1.59. The molecule has 5 atom stereocenters. The Hall–Kier alpha value is -0.730. The van der Waals surface area contributed by atoms with Gasteiger partial charge in [-0.3, -0.25) is 0 Å². The molecule has 7 nitrogen and oxygen atoms in total. The van der Waals surface area contributed by atoms with Gasteiger partial charge in [-0.15, -0.1) is 0 Å². The lowest BCUT2D eigenvalue weighted by Crippen LogP contribution is -2.50. The van der Waals surface area contributed by atoms with Gasteiger partial charge in [-0.25, -0.2) is 0 Å². The Kier molecular flexibility index (Phi) is 10.5. The summed E-state index contributed by atoms with van der Waals surface area (Å²) in [5.41, 5.74) is 0. The molecule has 21 heavy (non-hydrogen) atoms. The van der Waals surface area contributed by atoms with E-state index in [1.165, 1.54) is 0 Å². The van der Waals surface area contributed by atoms with Gasteiger partial charge >= 0.3 is 5.78 Å². The molecule has 0 aliphatic heterocycles. The molecule has 0 aromatic rings. The fourth-order valence-corrected chi connectivity index (χ4v) is 2.13. The summed E-state index contributed by atoms with van der Waals surface area (Å²) in [5, 5.41) is 57.9. The summed E-state index contributed by atoms with van der Waals surface area (Å²) >= 11 is 0. The average Bonchev–Trinajstić information content (AvgIpc) is 2.49. The van der Waals surface area contributed by atoms with Crippen molar-refractivity contribution in [2.45, 2.75) is 70.4 Å². The molecule has 0 aliphatic carbocycles. The van der Waals surface area contributed by atoms with Gasteiger partial charge in [-0.2, -0.15) is 4.58 Å². The van der Waals surface area contributed by atoms with E-state index in [0.717, 1.165) is 25.7 Å². The van der Waals surface area contributed by atoms with E-state index in [4.69, 9.17) is 5.11 Å². The molecule has 0 aliphatic rings. The minimum absolute atomic E-state index is 0.275. The Morgan fingerprint density at radius 1 is 1.05 bits per heavy atom. The molecule has 0 saturated heterocycles. The summed E-state index contributed by atoms with van der Waals surface area (Å²) in [6.07, 6.45) is -2.30. The van der Waals surface area contributed by atoms with E-state index in [1.807, 2.05) is 0 Å². The van der Waals surface area contributed by atoms with Crippen LogP contribution in [0.4, 0.5) is 0 Å². The molecular formula is C14H28O7. The number of ketones is 1. The summed E-state index contributed by atoms with van der Waals surface area (Å²) in [6.45, 7) is 2.99. The van der Waals surface area contributed by atoms with Crippen molar-refractivity contribution in [3.8, 4) is 0 Å². The van der Waals surface area contributed by atoms with Crippen LogP contribution in [-0.2, 0) is 4.58 Å². The number of carbonyl (C=O) groups excluding carboxylic acids is 1. The maximum Gasteiger partial charge on any atom is 0.362 e. The van der Waals surface area contributed by atoms with E-state index >= 15 is 0 Å². The van der Waals surface area contributed by atoms with Crippen molar-refractivity contribution in [3.05, 3.63) is 0 Å². The van der Waals surface area contributed by atoms with Crippen molar-refractivity contribution in [1.29, 1.82) is 0 Å². The SMILES string of the molecule is CCCCCCC(C)C(=[O+][O-])[C@H](O)[C@@H](O)[C@H](O)[C@H](O)CO. The highest BCUT2D eigenvalue weighted by atomic mass is 17.1.